The Morgan fingerprint density at radius 2 is 1.66 bits per heavy atom. The summed E-state index contributed by atoms with van der Waals surface area (Å²) >= 11 is 1.06. The van der Waals surface area contributed by atoms with Crippen molar-refractivity contribution in [3.05, 3.63) is 90.1 Å². The van der Waals surface area contributed by atoms with Gasteiger partial charge in [0.25, 0.3) is 5.91 Å². The lowest BCUT2D eigenvalue weighted by Gasteiger charge is -2.17. The third kappa shape index (κ3) is 7.16. The van der Waals surface area contributed by atoms with Gasteiger partial charge in [-0.05, 0) is 67.1 Å². The number of carbonyl (C=O) groups is 2. The van der Waals surface area contributed by atoms with Crippen LogP contribution in [0.25, 0.3) is 6.08 Å². The van der Waals surface area contributed by atoms with Crippen LogP contribution in [0.3, 0.4) is 0 Å². The van der Waals surface area contributed by atoms with E-state index in [4.69, 9.17) is 4.74 Å². The Morgan fingerprint density at radius 3 is 2.29 bits per heavy atom. The number of nitrogens with one attached hydrogen (secondary N) is 1. The maximum atomic E-state index is 13.3. The largest absolute Gasteiger partial charge is 0.573 e. The van der Waals surface area contributed by atoms with Crippen LogP contribution in [-0.4, -0.2) is 35.7 Å². The van der Waals surface area contributed by atoms with Crippen molar-refractivity contribution in [1.29, 1.82) is 0 Å². The van der Waals surface area contributed by atoms with Crippen LogP contribution in [0.4, 0.5) is 24.5 Å². The highest BCUT2D eigenvalue weighted by molar-refractivity contribution is 8.14. The third-order valence-electron chi connectivity index (χ3n) is 5.04. The molecule has 0 saturated carbocycles. The number of anilines is 2. The van der Waals surface area contributed by atoms with Crippen molar-refractivity contribution in [3.63, 3.8) is 0 Å². The molecular formula is C27H22F3N3O4S. The number of halogens is 3. The quantitative estimate of drug-likeness (QED) is 0.349. The Balaban J connectivity index is 1.47. The van der Waals surface area contributed by atoms with E-state index in [1.165, 1.54) is 17.0 Å². The van der Waals surface area contributed by atoms with Crippen LogP contribution < -0.4 is 19.7 Å². The highest BCUT2D eigenvalue weighted by Gasteiger charge is 2.32. The van der Waals surface area contributed by atoms with Gasteiger partial charge in [-0.3, -0.25) is 14.5 Å². The van der Waals surface area contributed by atoms with Gasteiger partial charge in [-0.15, -0.1) is 13.2 Å². The maximum Gasteiger partial charge on any atom is 0.573 e. The Kier molecular flexibility index (Phi) is 8.37. The number of alkyl halides is 3. The first-order chi connectivity index (χ1) is 18.2. The van der Waals surface area contributed by atoms with Gasteiger partial charge in [-0.25, -0.2) is 4.99 Å². The van der Waals surface area contributed by atoms with Gasteiger partial charge >= 0.3 is 6.36 Å². The molecule has 1 aliphatic rings. The lowest BCUT2D eigenvalue weighted by molar-refractivity contribution is -0.274. The monoisotopic (exact) mass is 541 g/mol. The molecule has 11 heteroatoms. The molecule has 3 aromatic carbocycles. The molecule has 0 aromatic heterocycles. The second-order valence-corrected chi connectivity index (χ2v) is 8.75. The van der Waals surface area contributed by atoms with Crippen molar-refractivity contribution < 1.29 is 32.2 Å². The van der Waals surface area contributed by atoms with Crippen LogP contribution in [0.5, 0.6) is 11.5 Å². The smallest absolute Gasteiger partial charge is 0.494 e. The highest BCUT2D eigenvalue weighted by atomic mass is 32.2. The molecule has 0 spiro atoms. The normalized spacial score (nSPS) is 14.4. The molecule has 4 rings (SSSR count). The first kappa shape index (κ1) is 26.8. The van der Waals surface area contributed by atoms with Gasteiger partial charge < -0.3 is 14.8 Å². The van der Waals surface area contributed by atoms with E-state index in [0.717, 1.165) is 29.5 Å². The molecular weight excluding hydrogens is 519 g/mol. The first-order valence-electron chi connectivity index (χ1n) is 11.4. The zero-order chi connectivity index (χ0) is 27.1. The lowest BCUT2D eigenvalue weighted by Crippen LogP contribution is -2.31. The lowest BCUT2D eigenvalue weighted by atomic mass is 10.2. The number of aliphatic imine (C=N–C) groups is 1. The molecule has 0 unspecified atom stereocenters. The van der Waals surface area contributed by atoms with Crippen LogP contribution in [0, 0.1) is 0 Å². The van der Waals surface area contributed by atoms with E-state index in [-0.39, 0.29) is 17.4 Å². The maximum absolute atomic E-state index is 13.3. The standard InChI is InChI=1S/C27H22F3N3O4S/c1-2-36-21-12-8-18(9-13-21)16-23-25(35)33(20-6-4-3-5-7-20)26(32-23)38-17-24(34)31-19-10-14-22(15-11-19)37-27(28,29)30/h3-16H,2,17H2,1H3,(H,31,34)/b23-16+. The number of nitrogens with zero attached hydrogens (tertiary/aromatic N) is 2. The highest BCUT2D eigenvalue weighted by Crippen LogP contribution is 2.30. The predicted molar refractivity (Wildman–Crippen MR) is 141 cm³/mol. The molecule has 1 heterocycles. The molecule has 0 fully saturated rings. The number of thioether (sulfide) groups is 1. The number of hydrogen-bond donors (Lipinski definition) is 1. The van der Waals surface area contributed by atoms with Crippen molar-refractivity contribution >= 4 is 46.2 Å². The second kappa shape index (κ2) is 11.9. The zero-order valence-electron chi connectivity index (χ0n) is 20.1. The van der Waals surface area contributed by atoms with Crippen molar-refractivity contribution in [2.75, 3.05) is 22.6 Å². The van der Waals surface area contributed by atoms with Gasteiger partial charge in [0.15, 0.2) is 5.17 Å². The summed E-state index contributed by atoms with van der Waals surface area (Å²) in [4.78, 5) is 31.7. The van der Waals surface area contributed by atoms with Gasteiger partial charge in [0.05, 0.1) is 18.0 Å². The molecule has 1 N–H and O–H groups in total. The Bertz CT molecular complexity index is 1340. The Labute approximate surface area is 221 Å². The number of carbonyl (C=O) groups excluding carboxylic acids is 2. The fraction of sp³-hybridized carbons (Fsp3) is 0.148. The van der Waals surface area contributed by atoms with Gasteiger partial charge in [0.1, 0.15) is 17.2 Å². The molecule has 0 saturated heterocycles. The van der Waals surface area contributed by atoms with E-state index in [1.807, 2.05) is 25.1 Å². The summed E-state index contributed by atoms with van der Waals surface area (Å²) in [5.74, 6) is -0.535. The summed E-state index contributed by atoms with van der Waals surface area (Å²) in [7, 11) is 0. The summed E-state index contributed by atoms with van der Waals surface area (Å²) in [5, 5.41) is 2.93. The third-order valence-corrected chi connectivity index (χ3v) is 5.98. The number of ether oxygens (including phenoxy) is 2. The summed E-state index contributed by atoms with van der Waals surface area (Å²) in [6.07, 6.45) is -3.14. The summed E-state index contributed by atoms with van der Waals surface area (Å²) in [6.45, 7) is 2.43. The minimum absolute atomic E-state index is 0.0907. The molecule has 0 aliphatic carbocycles. The van der Waals surface area contributed by atoms with Crippen LogP contribution in [-0.2, 0) is 9.59 Å². The van der Waals surface area contributed by atoms with Crippen molar-refractivity contribution in [2.45, 2.75) is 13.3 Å². The number of para-hydroxylation sites is 1. The van der Waals surface area contributed by atoms with Gasteiger partial charge in [0, 0.05) is 5.69 Å². The van der Waals surface area contributed by atoms with Crippen LogP contribution in [0.15, 0.2) is 89.6 Å². The average molecular weight is 542 g/mol. The predicted octanol–water partition coefficient (Wildman–Crippen LogP) is 6.10. The van der Waals surface area contributed by atoms with Gasteiger partial charge in [0.2, 0.25) is 5.91 Å². The molecule has 2 amide bonds. The van der Waals surface area contributed by atoms with Crippen LogP contribution in [0.2, 0.25) is 0 Å². The van der Waals surface area contributed by atoms with E-state index < -0.39 is 18.0 Å². The zero-order valence-corrected chi connectivity index (χ0v) is 20.9. The topological polar surface area (TPSA) is 80.2 Å². The SMILES string of the molecule is CCOc1ccc(/C=C2/N=C(SCC(=O)Nc3ccc(OC(F)(F)F)cc3)N(c3ccccc3)C2=O)cc1. The fourth-order valence-corrected chi connectivity index (χ4v) is 4.26. The Morgan fingerprint density at radius 1 is 1.00 bits per heavy atom. The molecule has 38 heavy (non-hydrogen) atoms. The molecule has 0 radical (unpaired) electrons. The number of hydrogen-bond acceptors (Lipinski definition) is 6. The summed E-state index contributed by atoms with van der Waals surface area (Å²) < 4.78 is 46.3. The number of rotatable bonds is 8. The minimum atomic E-state index is -4.80. The summed E-state index contributed by atoms with van der Waals surface area (Å²) in [5.41, 5.74) is 1.86. The van der Waals surface area contributed by atoms with Crippen LogP contribution >= 0.6 is 11.8 Å². The van der Waals surface area contributed by atoms with Crippen molar-refractivity contribution in [2.24, 2.45) is 4.99 Å². The molecule has 3 aromatic rings. The van der Waals surface area contributed by atoms with E-state index in [1.54, 1.807) is 42.5 Å². The number of benzene rings is 3. The number of amides is 2. The van der Waals surface area contributed by atoms with E-state index in [2.05, 4.69) is 15.0 Å². The molecule has 0 bridgehead atoms. The average Bonchev–Trinajstić information content (AvgIpc) is 3.19. The minimum Gasteiger partial charge on any atom is -0.494 e. The van der Waals surface area contributed by atoms with Crippen molar-refractivity contribution in [1.82, 2.24) is 0 Å². The summed E-state index contributed by atoms with van der Waals surface area (Å²) in [6, 6.07) is 21.0. The van der Waals surface area contributed by atoms with E-state index >= 15 is 0 Å². The Hall–Kier alpha value is -4.25. The molecule has 7 nitrogen and oxygen atoms in total. The van der Waals surface area contributed by atoms with E-state index in [9.17, 15) is 22.8 Å². The molecule has 1 aliphatic heterocycles. The van der Waals surface area contributed by atoms with E-state index in [0.29, 0.717) is 28.9 Å². The second-order valence-electron chi connectivity index (χ2n) is 7.81. The first-order valence-corrected chi connectivity index (χ1v) is 12.4. The number of amidine groups is 1. The molecule has 196 valence electrons. The van der Waals surface area contributed by atoms with Gasteiger partial charge in [-0.1, -0.05) is 42.1 Å². The van der Waals surface area contributed by atoms with Gasteiger partial charge in [-0.2, -0.15) is 0 Å². The van der Waals surface area contributed by atoms with Crippen molar-refractivity contribution in [3.8, 4) is 11.5 Å². The fourth-order valence-electron chi connectivity index (χ4n) is 3.45. The van der Waals surface area contributed by atoms with Crippen LogP contribution in [0.1, 0.15) is 12.5 Å². The molecule has 0 atom stereocenters.